The Morgan fingerprint density at radius 2 is 1.49 bits per heavy atom. The summed E-state index contributed by atoms with van der Waals surface area (Å²) < 4.78 is 22.6. The molecule has 1 saturated heterocycles. The second kappa shape index (κ2) is 14.9. The van der Waals surface area contributed by atoms with Crippen LogP contribution in [0.4, 0.5) is 9.59 Å². The van der Waals surface area contributed by atoms with E-state index in [0.29, 0.717) is 32.8 Å². The van der Waals surface area contributed by atoms with Gasteiger partial charge in [0.25, 0.3) is 0 Å². The average Bonchev–Trinajstić information content (AvgIpc) is 2.80. The Bertz CT molecular complexity index is 886. The molecule has 1 aliphatic heterocycles. The van der Waals surface area contributed by atoms with E-state index in [0.717, 1.165) is 37.8 Å². The van der Waals surface area contributed by atoms with Crippen LogP contribution in [0.2, 0.25) is 0 Å². The molecule has 10 heteroatoms. The Balaban J connectivity index is 1.72. The lowest BCUT2D eigenvalue weighted by Gasteiger charge is -2.33. The van der Waals surface area contributed by atoms with Gasteiger partial charge in [0.15, 0.2) is 0 Å². The van der Waals surface area contributed by atoms with Gasteiger partial charge >= 0.3 is 19.3 Å². The average molecular weight is 548 g/mol. The fourth-order valence-corrected chi connectivity index (χ4v) is 3.86. The van der Waals surface area contributed by atoms with Crippen molar-refractivity contribution < 1.29 is 28.4 Å². The lowest BCUT2D eigenvalue weighted by Crippen LogP contribution is -2.47. The first kappa shape index (κ1) is 32.9. The predicted octanol–water partition coefficient (Wildman–Crippen LogP) is 4.48. The van der Waals surface area contributed by atoms with E-state index in [1.807, 2.05) is 41.5 Å². The van der Waals surface area contributed by atoms with Gasteiger partial charge < -0.3 is 34.3 Å². The maximum atomic E-state index is 12.7. The number of nitrogens with one attached hydrogen (secondary N) is 2. The van der Waals surface area contributed by atoms with Crippen LogP contribution < -0.4 is 16.1 Å². The Hall–Kier alpha value is -2.30. The molecule has 39 heavy (non-hydrogen) atoms. The zero-order valence-corrected chi connectivity index (χ0v) is 25.4. The monoisotopic (exact) mass is 547 g/mol. The number of nitrogens with zero attached hydrogens (tertiary/aromatic N) is 1. The highest BCUT2D eigenvalue weighted by molar-refractivity contribution is 6.61. The third-order valence-corrected chi connectivity index (χ3v) is 5.79. The topological polar surface area (TPSA) is 98.4 Å². The van der Waals surface area contributed by atoms with E-state index in [-0.39, 0.29) is 18.6 Å². The first-order valence-electron chi connectivity index (χ1n) is 14.1. The zero-order chi connectivity index (χ0) is 29.1. The minimum Gasteiger partial charge on any atom is -0.444 e. The molecular formula is C29H50BN3O6. The summed E-state index contributed by atoms with van der Waals surface area (Å²) in [6, 6.07) is 8.30. The molecule has 0 bridgehead atoms. The van der Waals surface area contributed by atoms with Crippen LogP contribution in [0.15, 0.2) is 24.3 Å². The zero-order valence-electron chi connectivity index (χ0n) is 25.4. The van der Waals surface area contributed by atoms with Crippen LogP contribution in [0.25, 0.3) is 0 Å². The SMILES string of the molecule is CC1(C)COB(c2ccc(CNCCCN(CCCCNC(=O)OC(C)(C)C)C(=O)OC(C)(C)C)cc2)OC1. The van der Waals surface area contributed by atoms with Crippen molar-refractivity contribution in [2.24, 2.45) is 5.41 Å². The van der Waals surface area contributed by atoms with Crippen LogP contribution in [-0.4, -0.2) is 74.8 Å². The molecule has 0 spiro atoms. The van der Waals surface area contributed by atoms with E-state index in [1.165, 1.54) is 5.56 Å². The summed E-state index contributed by atoms with van der Waals surface area (Å²) in [6.45, 7) is 19.9. The summed E-state index contributed by atoms with van der Waals surface area (Å²) in [6.07, 6.45) is 1.55. The highest BCUT2D eigenvalue weighted by Gasteiger charge is 2.33. The van der Waals surface area contributed by atoms with E-state index in [4.69, 9.17) is 18.8 Å². The van der Waals surface area contributed by atoms with Gasteiger partial charge in [0.2, 0.25) is 0 Å². The van der Waals surface area contributed by atoms with Gasteiger partial charge in [-0.3, -0.25) is 0 Å². The largest absolute Gasteiger partial charge is 0.493 e. The highest BCUT2D eigenvalue weighted by atomic mass is 16.6. The van der Waals surface area contributed by atoms with Gasteiger partial charge in [-0.2, -0.15) is 0 Å². The van der Waals surface area contributed by atoms with E-state index < -0.39 is 17.3 Å². The second-order valence-corrected chi connectivity index (χ2v) is 13.0. The number of ether oxygens (including phenoxy) is 2. The maximum absolute atomic E-state index is 12.7. The molecule has 220 valence electrons. The fourth-order valence-electron chi connectivity index (χ4n) is 3.86. The molecular weight excluding hydrogens is 497 g/mol. The lowest BCUT2D eigenvalue weighted by atomic mass is 9.76. The van der Waals surface area contributed by atoms with Crippen molar-refractivity contribution in [2.45, 2.75) is 92.4 Å². The number of carbonyl (C=O) groups is 2. The van der Waals surface area contributed by atoms with Gasteiger partial charge in [-0.25, -0.2) is 9.59 Å². The van der Waals surface area contributed by atoms with Crippen LogP contribution >= 0.6 is 0 Å². The minimum absolute atomic E-state index is 0.0540. The van der Waals surface area contributed by atoms with E-state index >= 15 is 0 Å². The first-order valence-corrected chi connectivity index (χ1v) is 14.1. The molecule has 0 aliphatic carbocycles. The van der Waals surface area contributed by atoms with Crippen molar-refractivity contribution in [1.82, 2.24) is 15.5 Å². The van der Waals surface area contributed by atoms with Gasteiger partial charge in [0, 0.05) is 44.8 Å². The van der Waals surface area contributed by atoms with Gasteiger partial charge in [0.05, 0.1) is 0 Å². The van der Waals surface area contributed by atoms with Crippen molar-refractivity contribution in [1.29, 1.82) is 0 Å². The lowest BCUT2D eigenvalue weighted by molar-refractivity contribution is 0.0243. The Labute approximate surface area is 235 Å². The minimum atomic E-state index is -0.554. The van der Waals surface area contributed by atoms with Crippen LogP contribution in [-0.2, 0) is 25.3 Å². The van der Waals surface area contributed by atoms with Gasteiger partial charge in [0.1, 0.15) is 11.2 Å². The highest BCUT2D eigenvalue weighted by Crippen LogP contribution is 2.21. The maximum Gasteiger partial charge on any atom is 0.493 e. The summed E-state index contributed by atoms with van der Waals surface area (Å²) in [4.78, 5) is 26.3. The quantitative estimate of drug-likeness (QED) is 0.294. The Morgan fingerprint density at radius 1 is 0.897 bits per heavy atom. The first-order chi connectivity index (χ1) is 18.1. The molecule has 1 aromatic carbocycles. The van der Waals surface area contributed by atoms with E-state index in [9.17, 15) is 9.59 Å². The summed E-state index contributed by atoms with van der Waals surface area (Å²) in [5, 5.41) is 6.22. The number of hydrogen-bond acceptors (Lipinski definition) is 7. The number of unbranched alkanes of at least 4 members (excludes halogenated alkanes) is 1. The Kier molecular flexibility index (Phi) is 12.6. The molecule has 1 heterocycles. The van der Waals surface area contributed by atoms with Gasteiger partial charge in [-0.15, -0.1) is 0 Å². The van der Waals surface area contributed by atoms with Crippen molar-refractivity contribution >= 4 is 24.8 Å². The molecule has 1 fully saturated rings. The van der Waals surface area contributed by atoms with Gasteiger partial charge in [-0.1, -0.05) is 38.1 Å². The molecule has 2 amide bonds. The molecule has 1 aromatic rings. The number of hydrogen-bond donors (Lipinski definition) is 2. The normalized spacial score (nSPS) is 15.5. The summed E-state index contributed by atoms with van der Waals surface area (Å²) in [5.41, 5.74) is 1.19. The molecule has 0 unspecified atom stereocenters. The van der Waals surface area contributed by atoms with Crippen LogP contribution in [0.5, 0.6) is 0 Å². The third kappa shape index (κ3) is 14.1. The summed E-state index contributed by atoms with van der Waals surface area (Å²) >= 11 is 0. The molecule has 9 nitrogen and oxygen atoms in total. The number of alkyl carbamates (subject to hydrolysis) is 1. The molecule has 0 atom stereocenters. The van der Waals surface area contributed by atoms with E-state index in [2.05, 4.69) is 48.7 Å². The smallest absolute Gasteiger partial charge is 0.444 e. The molecule has 0 aromatic heterocycles. The molecule has 0 radical (unpaired) electrons. The van der Waals surface area contributed by atoms with Crippen LogP contribution in [0.3, 0.4) is 0 Å². The second-order valence-electron chi connectivity index (χ2n) is 13.0. The molecule has 2 N–H and O–H groups in total. The molecule has 0 saturated carbocycles. The van der Waals surface area contributed by atoms with Gasteiger partial charge in [-0.05, 0) is 78.4 Å². The Morgan fingerprint density at radius 3 is 2.08 bits per heavy atom. The van der Waals surface area contributed by atoms with Crippen molar-refractivity contribution in [3.63, 3.8) is 0 Å². The number of benzene rings is 1. The number of amides is 2. The van der Waals surface area contributed by atoms with Crippen LogP contribution in [0.1, 0.15) is 80.2 Å². The number of carbonyl (C=O) groups excluding carboxylic acids is 2. The molecule has 1 aliphatic rings. The summed E-state index contributed by atoms with van der Waals surface area (Å²) in [7, 11) is -0.299. The predicted molar refractivity (Wildman–Crippen MR) is 155 cm³/mol. The summed E-state index contributed by atoms with van der Waals surface area (Å²) in [5.74, 6) is 0. The number of rotatable bonds is 12. The fraction of sp³-hybridized carbons (Fsp3) is 0.724. The standard InChI is InChI=1S/C29H50BN3O6/c1-27(2,3)38-25(34)32-17-9-10-18-33(26(35)39-28(4,5)6)19-11-16-31-20-23-12-14-24(15-13-23)30-36-21-29(7,8)22-37-30/h12-15,31H,9-11,16-22H2,1-8H3,(H,32,34). The van der Waals surface area contributed by atoms with E-state index in [1.54, 1.807) is 4.90 Å². The van der Waals surface area contributed by atoms with Crippen molar-refractivity contribution in [3.05, 3.63) is 29.8 Å². The molecule has 2 rings (SSSR count). The van der Waals surface area contributed by atoms with Crippen LogP contribution in [0, 0.1) is 5.41 Å². The van der Waals surface area contributed by atoms with Crippen molar-refractivity contribution in [3.8, 4) is 0 Å². The third-order valence-electron chi connectivity index (χ3n) is 5.79. The van der Waals surface area contributed by atoms with Crippen molar-refractivity contribution in [2.75, 3.05) is 39.4 Å².